The minimum atomic E-state index is -3.85. The van der Waals surface area contributed by atoms with Gasteiger partial charge in [0.2, 0.25) is 0 Å². The van der Waals surface area contributed by atoms with Crippen molar-refractivity contribution in [3.63, 3.8) is 0 Å². The zero-order valence-corrected chi connectivity index (χ0v) is 11.6. The van der Waals surface area contributed by atoms with Crippen molar-refractivity contribution in [3.05, 3.63) is 53.5 Å². The van der Waals surface area contributed by atoms with E-state index in [4.69, 9.17) is 5.73 Å². The molecule has 20 heavy (non-hydrogen) atoms. The molecule has 0 fully saturated rings. The molecule has 1 aromatic carbocycles. The van der Waals surface area contributed by atoms with E-state index < -0.39 is 15.8 Å². The second kappa shape index (κ2) is 5.56. The van der Waals surface area contributed by atoms with Crippen LogP contribution < -0.4 is 10.5 Å². The monoisotopic (exact) mass is 295 g/mol. The van der Waals surface area contributed by atoms with Crippen LogP contribution in [0.3, 0.4) is 0 Å². The highest BCUT2D eigenvalue weighted by Gasteiger charge is 2.17. The molecule has 2 aromatic rings. The summed E-state index contributed by atoms with van der Waals surface area (Å²) < 4.78 is 40.0. The zero-order valence-electron chi connectivity index (χ0n) is 10.8. The van der Waals surface area contributed by atoms with Crippen LogP contribution in [0.4, 0.5) is 10.1 Å². The van der Waals surface area contributed by atoms with E-state index in [1.165, 1.54) is 37.4 Å². The highest BCUT2D eigenvalue weighted by molar-refractivity contribution is 7.92. The van der Waals surface area contributed by atoms with Crippen LogP contribution in [0.2, 0.25) is 0 Å². The highest BCUT2D eigenvalue weighted by Crippen LogP contribution is 2.20. The van der Waals surface area contributed by atoms with Crippen LogP contribution in [0.1, 0.15) is 11.1 Å². The van der Waals surface area contributed by atoms with E-state index >= 15 is 0 Å². The molecule has 0 aliphatic carbocycles. The largest absolute Gasteiger partial charge is 0.326 e. The number of sulfonamides is 1. The van der Waals surface area contributed by atoms with Gasteiger partial charge in [-0.25, -0.2) is 9.37 Å². The standard InChI is InChI=1S/C13H14FN3O2S/c1-9-11(14)3-2-4-12(9)17-20(18,19)13-6-5-10(7-15)8-16-13/h2-6,8,17H,7,15H2,1H3. The third-order valence-corrected chi connectivity index (χ3v) is 4.10. The minimum Gasteiger partial charge on any atom is -0.326 e. The molecule has 106 valence electrons. The van der Waals surface area contributed by atoms with Gasteiger partial charge in [-0.1, -0.05) is 12.1 Å². The van der Waals surface area contributed by atoms with E-state index in [0.29, 0.717) is 0 Å². The predicted molar refractivity (Wildman–Crippen MR) is 74.1 cm³/mol. The third kappa shape index (κ3) is 2.94. The van der Waals surface area contributed by atoms with Crippen LogP contribution in [-0.2, 0) is 16.6 Å². The maximum atomic E-state index is 13.4. The topological polar surface area (TPSA) is 85.1 Å². The Labute approximate surface area is 116 Å². The molecule has 0 aliphatic rings. The second-order valence-electron chi connectivity index (χ2n) is 4.23. The van der Waals surface area contributed by atoms with Crippen LogP contribution >= 0.6 is 0 Å². The molecule has 1 heterocycles. The first-order valence-electron chi connectivity index (χ1n) is 5.87. The summed E-state index contributed by atoms with van der Waals surface area (Å²) in [7, 11) is -3.85. The number of hydrogen-bond acceptors (Lipinski definition) is 4. The van der Waals surface area contributed by atoms with Gasteiger partial charge in [0.15, 0.2) is 5.03 Å². The molecule has 0 spiro atoms. The van der Waals surface area contributed by atoms with Crippen molar-refractivity contribution in [3.8, 4) is 0 Å². The lowest BCUT2D eigenvalue weighted by atomic mass is 10.2. The lowest BCUT2D eigenvalue weighted by Gasteiger charge is -2.10. The molecule has 0 saturated heterocycles. The Morgan fingerprint density at radius 1 is 1.30 bits per heavy atom. The van der Waals surface area contributed by atoms with Crippen LogP contribution in [0.5, 0.6) is 0 Å². The van der Waals surface area contributed by atoms with E-state index in [1.54, 1.807) is 6.07 Å². The molecular weight excluding hydrogens is 281 g/mol. The quantitative estimate of drug-likeness (QED) is 0.900. The van der Waals surface area contributed by atoms with E-state index in [0.717, 1.165) is 5.56 Å². The summed E-state index contributed by atoms with van der Waals surface area (Å²) in [5.74, 6) is -0.475. The Balaban J connectivity index is 2.33. The molecule has 0 radical (unpaired) electrons. The van der Waals surface area contributed by atoms with Crippen molar-refractivity contribution in [1.29, 1.82) is 0 Å². The van der Waals surface area contributed by atoms with Crippen LogP contribution in [0.15, 0.2) is 41.6 Å². The van der Waals surface area contributed by atoms with Gasteiger partial charge in [-0.3, -0.25) is 4.72 Å². The fourth-order valence-corrected chi connectivity index (χ4v) is 2.66. The van der Waals surface area contributed by atoms with E-state index in [2.05, 4.69) is 9.71 Å². The Bertz CT molecular complexity index is 715. The zero-order chi connectivity index (χ0) is 14.8. The average molecular weight is 295 g/mol. The molecule has 0 bridgehead atoms. The smallest absolute Gasteiger partial charge is 0.279 e. The minimum absolute atomic E-state index is 0.140. The van der Waals surface area contributed by atoms with Crippen LogP contribution in [0.25, 0.3) is 0 Å². The molecule has 7 heteroatoms. The lowest BCUT2D eigenvalue weighted by Crippen LogP contribution is -2.15. The van der Waals surface area contributed by atoms with Gasteiger partial charge in [-0.15, -0.1) is 0 Å². The van der Waals surface area contributed by atoms with Crippen molar-refractivity contribution in [2.75, 3.05) is 4.72 Å². The van der Waals surface area contributed by atoms with Crippen molar-refractivity contribution in [1.82, 2.24) is 4.98 Å². The maximum Gasteiger partial charge on any atom is 0.279 e. The average Bonchev–Trinajstić information content (AvgIpc) is 2.44. The van der Waals surface area contributed by atoms with E-state index in [-0.39, 0.29) is 22.8 Å². The Kier molecular flexibility index (Phi) is 4.01. The van der Waals surface area contributed by atoms with E-state index in [9.17, 15) is 12.8 Å². The Morgan fingerprint density at radius 3 is 2.65 bits per heavy atom. The Morgan fingerprint density at radius 2 is 2.05 bits per heavy atom. The SMILES string of the molecule is Cc1c(F)cccc1NS(=O)(=O)c1ccc(CN)cn1. The number of nitrogens with one attached hydrogen (secondary N) is 1. The van der Waals surface area contributed by atoms with Crippen molar-refractivity contribution in [2.24, 2.45) is 5.73 Å². The first-order chi connectivity index (χ1) is 9.44. The number of anilines is 1. The van der Waals surface area contributed by atoms with Gasteiger partial charge in [-0.2, -0.15) is 8.42 Å². The van der Waals surface area contributed by atoms with E-state index in [1.807, 2.05) is 0 Å². The summed E-state index contributed by atoms with van der Waals surface area (Å²) in [6.45, 7) is 1.78. The summed E-state index contributed by atoms with van der Waals surface area (Å²) in [5.41, 5.74) is 6.57. The number of nitrogens with zero attached hydrogens (tertiary/aromatic N) is 1. The van der Waals surface area contributed by atoms with Crippen LogP contribution in [-0.4, -0.2) is 13.4 Å². The predicted octanol–water partition coefficient (Wildman–Crippen LogP) is 1.79. The summed E-state index contributed by atoms with van der Waals surface area (Å²) in [6, 6.07) is 7.13. The summed E-state index contributed by atoms with van der Waals surface area (Å²) in [4.78, 5) is 3.85. The van der Waals surface area contributed by atoms with Crippen molar-refractivity contribution >= 4 is 15.7 Å². The number of pyridine rings is 1. The molecule has 2 rings (SSSR count). The molecule has 0 atom stereocenters. The van der Waals surface area contributed by atoms with Gasteiger partial charge in [-0.05, 0) is 30.7 Å². The van der Waals surface area contributed by atoms with Crippen molar-refractivity contribution in [2.45, 2.75) is 18.5 Å². The lowest BCUT2D eigenvalue weighted by molar-refractivity contribution is 0.597. The summed E-state index contributed by atoms with van der Waals surface area (Å²) >= 11 is 0. The van der Waals surface area contributed by atoms with Gasteiger partial charge >= 0.3 is 0 Å². The molecule has 5 nitrogen and oxygen atoms in total. The van der Waals surface area contributed by atoms with Crippen molar-refractivity contribution < 1.29 is 12.8 Å². The normalized spacial score (nSPS) is 11.3. The van der Waals surface area contributed by atoms with Gasteiger partial charge in [0.1, 0.15) is 5.82 Å². The van der Waals surface area contributed by atoms with Gasteiger partial charge < -0.3 is 5.73 Å². The molecule has 0 saturated carbocycles. The molecule has 1 aromatic heterocycles. The number of hydrogen-bond donors (Lipinski definition) is 2. The first-order valence-corrected chi connectivity index (χ1v) is 7.35. The summed E-state index contributed by atoms with van der Waals surface area (Å²) in [6.07, 6.45) is 1.40. The number of nitrogens with two attached hydrogens (primary N) is 1. The number of aromatic nitrogens is 1. The van der Waals surface area contributed by atoms with Gasteiger partial charge in [0.25, 0.3) is 10.0 Å². The maximum absolute atomic E-state index is 13.4. The van der Waals surface area contributed by atoms with Crippen LogP contribution in [0, 0.1) is 12.7 Å². The molecule has 0 unspecified atom stereocenters. The fraction of sp³-hybridized carbons (Fsp3) is 0.154. The number of benzene rings is 1. The Hall–Kier alpha value is -1.99. The first kappa shape index (κ1) is 14.4. The molecule has 3 N–H and O–H groups in total. The highest BCUT2D eigenvalue weighted by atomic mass is 32.2. The third-order valence-electron chi connectivity index (χ3n) is 2.82. The number of rotatable bonds is 4. The van der Waals surface area contributed by atoms with Gasteiger partial charge in [0, 0.05) is 18.3 Å². The fourth-order valence-electron chi connectivity index (χ4n) is 1.61. The second-order valence-corrected chi connectivity index (χ2v) is 5.86. The molecule has 0 amide bonds. The summed E-state index contributed by atoms with van der Waals surface area (Å²) in [5, 5.41) is -0.140. The molecular formula is C13H14FN3O2S. The van der Waals surface area contributed by atoms with Gasteiger partial charge in [0.05, 0.1) is 5.69 Å². The number of halogens is 1. The molecule has 0 aliphatic heterocycles.